The van der Waals surface area contributed by atoms with Crippen molar-refractivity contribution in [3.63, 3.8) is 0 Å². The third-order valence-electron chi connectivity index (χ3n) is 3.96. The first-order valence-corrected chi connectivity index (χ1v) is 6.18. The number of aliphatic carboxylic acids is 2. The van der Waals surface area contributed by atoms with Crippen molar-refractivity contribution < 1.29 is 29.4 Å². The lowest BCUT2D eigenvalue weighted by atomic mass is 9.84. The molecule has 1 spiro atoms. The van der Waals surface area contributed by atoms with Crippen LogP contribution in [0.3, 0.4) is 0 Å². The maximum atomic E-state index is 12.3. The van der Waals surface area contributed by atoms with E-state index in [1.54, 1.807) is 0 Å². The van der Waals surface area contributed by atoms with Crippen molar-refractivity contribution in [2.24, 2.45) is 5.41 Å². The van der Waals surface area contributed by atoms with E-state index in [4.69, 9.17) is 10.2 Å². The highest BCUT2D eigenvalue weighted by Gasteiger charge is 2.55. The molecule has 0 bridgehead atoms. The summed E-state index contributed by atoms with van der Waals surface area (Å²) in [6.07, 6.45) is 2.08. The molecule has 2 N–H and O–H groups in total. The predicted octanol–water partition coefficient (Wildman–Crippen LogP) is 0.234. The summed E-state index contributed by atoms with van der Waals surface area (Å²) in [4.78, 5) is 46.7. The van der Waals surface area contributed by atoms with E-state index in [1.165, 1.54) is 0 Å². The summed E-state index contributed by atoms with van der Waals surface area (Å²) in [5, 5.41) is 17.7. The average Bonchev–Trinajstić information content (AvgIpc) is 2.84. The lowest BCUT2D eigenvalue weighted by Gasteiger charge is -2.24. The molecule has 0 radical (unpaired) electrons. The molecule has 2 rings (SSSR count). The van der Waals surface area contributed by atoms with Crippen LogP contribution in [0.25, 0.3) is 0 Å². The number of likely N-dealkylation sites (tertiary alicyclic amines) is 1. The summed E-state index contributed by atoms with van der Waals surface area (Å²) in [7, 11) is 0. The third-order valence-corrected chi connectivity index (χ3v) is 3.96. The Morgan fingerprint density at radius 3 is 2.26 bits per heavy atom. The molecule has 0 aromatic carbocycles. The minimum atomic E-state index is -1.60. The van der Waals surface area contributed by atoms with E-state index in [2.05, 4.69) is 0 Å². The number of nitrogens with zero attached hydrogens (tertiary/aromatic N) is 1. The van der Waals surface area contributed by atoms with Crippen LogP contribution in [0.4, 0.5) is 0 Å². The Hall–Kier alpha value is -1.92. The van der Waals surface area contributed by atoms with E-state index < -0.39 is 41.6 Å². The van der Waals surface area contributed by atoms with E-state index in [-0.39, 0.29) is 6.42 Å². The van der Waals surface area contributed by atoms with Gasteiger partial charge in [-0.05, 0) is 12.8 Å². The van der Waals surface area contributed by atoms with Crippen LogP contribution in [-0.4, -0.2) is 44.9 Å². The molecule has 1 atom stereocenters. The molecule has 2 amide bonds. The summed E-state index contributed by atoms with van der Waals surface area (Å²) in [6.45, 7) is 0. The molecule has 7 heteroatoms. The van der Waals surface area contributed by atoms with Crippen LogP contribution < -0.4 is 0 Å². The molecule has 1 saturated heterocycles. The summed E-state index contributed by atoms with van der Waals surface area (Å²) in [6, 6.07) is -1.60. The van der Waals surface area contributed by atoms with Crippen LogP contribution in [0.2, 0.25) is 0 Å². The molecule has 1 aliphatic heterocycles. The highest BCUT2D eigenvalue weighted by atomic mass is 16.4. The Bertz CT molecular complexity index is 451. The van der Waals surface area contributed by atoms with Gasteiger partial charge in [0.05, 0.1) is 11.8 Å². The molecule has 2 fully saturated rings. The van der Waals surface area contributed by atoms with Crippen molar-refractivity contribution in [1.29, 1.82) is 0 Å². The number of carbonyl (C=O) groups is 4. The zero-order valence-corrected chi connectivity index (χ0v) is 10.3. The van der Waals surface area contributed by atoms with Crippen LogP contribution >= 0.6 is 0 Å². The van der Waals surface area contributed by atoms with Gasteiger partial charge < -0.3 is 10.2 Å². The van der Waals surface area contributed by atoms with Crippen molar-refractivity contribution in [3.05, 3.63) is 0 Å². The van der Waals surface area contributed by atoms with Gasteiger partial charge in [0, 0.05) is 6.42 Å². The van der Waals surface area contributed by atoms with Crippen LogP contribution in [0.5, 0.6) is 0 Å². The fourth-order valence-electron chi connectivity index (χ4n) is 3.03. The summed E-state index contributed by atoms with van der Waals surface area (Å²) in [5.41, 5.74) is -0.775. The monoisotopic (exact) mass is 269 g/mol. The minimum absolute atomic E-state index is 0.00916. The molecule has 19 heavy (non-hydrogen) atoms. The van der Waals surface area contributed by atoms with Crippen LogP contribution in [-0.2, 0) is 19.2 Å². The van der Waals surface area contributed by atoms with E-state index in [9.17, 15) is 19.2 Å². The van der Waals surface area contributed by atoms with Crippen molar-refractivity contribution >= 4 is 23.8 Å². The van der Waals surface area contributed by atoms with Gasteiger partial charge in [-0.25, -0.2) is 4.79 Å². The first kappa shape index (κ1) is 13.5. The molecule has 1 unspecified atom stereocenters. The minimum Gasteiger partial charge on any atom is -0.481 e. The maximum Gasteiger partial charge on any atom is 0.327 e. The Balaban J connectivity index is 2.27. The first-order valence-electron chi connectivity index (χ1n) is 6.18. The van der Waals surface area contributed by atoms with Gasteiger partial charge in [0.1, 0.15) is 6.04 Å². The molecule has 7 nitrogen and oxygen atoms in total. The fraction of sp³-hybridized carbons (Fsp3) is 0.667. The zero-order chi connectivity index (χ0) is 14.2. The normalized spacial score (nSPS) is 23.1. The Labute approximate surface area is 109 Å². The highest BCUT2D eigenvalue weighted by molar-refractivity contribution is 6.08. The summed E-state index contributed by atoms with van der Waals surface area (Å²) >= 11 is 0. The van der Waals surface area contributed by atoms with Gasteiger partial charge in [0.2, 0.25) is 11.8 Å². The summed E-state index contributed by atoms with van der Waals surface area (Å²) in [5.74, 6) is -3.89. The molecule has 1 heterocycles. The van der Waals surface area contributed by atoms with Crippen molar-refractivity contribution in [2.75, 3.05) is 0 Å². The number of carbonyl (C=O) groups excluding carboxylic acids is 2. The predicted molar refractivity (Wildman–Crippen MR) is 61.0 cm³/mol. The van der Waals surface area contributed by atoms with Gasteiger partial charge in [0.15, 0.2) is 0 Å². The van der Waals surface area contributed by atoms with Gasteiger partial charge in [-0.2, -0.15) is 0 Å². The fourth-order valence-corrected chi connectivity index (χ4v) is 3.03. The SMILES string of the molecule is O=C(O)CC(C(=O)O)N1C(=O)CC2(CCCC2)C1=O. The zero-order valence-electron chi connectivity index (χ0n) is 10.3. The lowest BCUT2D eigenvalue weighted by Crippen LogP contribution is -2.47. The van der Waals surface area contributed by atoms with Crippen molar-refractivity contribution in [1.82, 2.24) is 4.90 Å². The lowest BCUT2D eigenvalue weighted by molar-refractivity contribution is -0.158. The van der Waals surface area contributed by atoms with E-state index in [1.807, 2.05) is 0 Å². The van der Waals surface area contributed by atoms with Gasteiger partial charge in [-0.15, -0.1) is 0 Å². The topological polar surface area (TPSA) is 112 Å². The van der Waals surface area contributed by atoms with Crippen LogP contribution in [0, 0.1) is 5.41 Å². The molecular weight excluding hydrogens is 254 g/mol. The van der Waals surface area contributed by atoms with E-state index in [0.29, 0.717) is 17.7 Å². The second-order valence-electron chi connectivity index (χ2n) is 5.19. The molecule has 0 aromatic rings. The second kappa shape index (κ2) is 4.64. The van der Waals surface area contributed by atoms with Crippen LogP contribution in [0.15, 0.2) is 0 Å². The molecule has 1 aliphatic carbocycles. The number of hydrogen-bond donors (Lipinski definition) is 2. The number of carboxylic acids is 2. The highest BCUT2D eigenvalue weighted by Crippen LogP contribution is 2.47. The van der Waals surface area contributed by atoms with Gasteiger partial charge in [-0.3, -0.25) is 19.3 Å². The van der Waals surface area contributed by atoms with Crippen molar-refractivity contribution in [3.8, 4) is 0 Å². The average molecular weight is 269 g/mol. The Morgan fingerprint density at radius 1 is 1.21 bits per heavy atom. The van der Waals surface area contributed by atoms with Crippen molar-refractivity contribution in [2.45, 2.75) is 44.6 Å². The smallest absolute Gasteiger partial charge is 0.327 e. The maximum absolute atomic E-state index is 12.3. The standard InChI is InChI=1S/C12H15NO6/c14-8-6-12(3-1-2-4-12)11(19)13(8)7(10(17)18)5-9(15)16/h7H,1-6H2,(H,15,16)(H,17,18). The second-order valence-corrected chi connectivity index (χ2v) is 5.19. The Kier molecular flexibility index (Phi) is 3.30. The quantitative estimate of drug-likeness (QED) is 0.707. The number of amides is 2. The number of rotatable bonds is 4. The third kappa shape index (κ3) is 2.20. The molecule has 1 saturated carbocycles. The largest absolute Gasteiger partial charge is 0.481 e. The number of imide groups is 1. The van der Waals surface area contributed by atoms with Gasteiger partial charge in [-0.1, -0.05) is 12.8 Å². The van der Waals surface area contributed by atoms with E-state index in [0.717, 1.165) is 12.8 Å². The molecule has 0 aromatic heterocycles. The molecule has 2 aliphatic rings. The Morgan fingerprint density at radius 2 is 1.79 bits per heavy atom. The number of carboxylic acid groups (broad SMARTS) is 2. The van der Waals surface area contributed by atoms with E-state index >= 15 is 0 Å². The first-order chi connectivity index (χ1) is 8.87. The molecular formula is C12H15NO6. The molecule has 104 valence electrons. The number of hydrogen-bond acceptors (Lipinski definition) is 4. The van der Waals surface area contributed by atoms with Gasteiger partial charge >= 0.3 is 11.9 Å². The van der Waals surface area contributed by atoms with Gasteiger partial charge in [0.25, 0.3) is 0 Å². The summed E-state index contributed by atoms with van der Waals surface area (Å²) < 4.78 is 0. The van der Waals surface area contributed by atoms with Crippen LogP contribution in [0.1, 0.15) is 38.5 Å².